The number of carbonyl (C=O) groups excluding carboxylic acids is 2. The molecule has 5 rings (SSSR count). The van der Waals surface area contributed by atoms with E-state index in [0.717, 1.165) is 39.1 Å². The van der Waals surface area contributed by atoms with E-state index in [4.69, 9.17) is 0 Å². The van der Waals surface area contributed by atoms with Gasteiger partial charge in [0.25, 0.3) is 0 Å². The van der Waals surface area contributed by atoms with Gasteiger partial charge < -0.3 is 15.2 Å². The fourth-order valence-corrected chi connectivity index (χ4v) is 4.65. The maximum absolute atomic E-state index is 13.3. The molecule has 7 heteroatoms. The lowest BCUT2D eigenvalue weighted by Gasteiger charge is -2.24. The maximum atomic E-state index is 13.3. The highest BCUT2D eigenvalue weighted by atomic mass is 16.2. The quantitative estimate of drug-likeness (QED) is 0.471. The molecule has 2 N–H and O–H groups in total. The van der Waals surface area contributed by atoms with E-state index >= 15 is 0 Å². The van der Waals surface area contributed by atoms with Crippen molar-refractivity contribution in [3.63, 3.8) is 0 Å². The lowest BCUT2D eigenvalue weighted by Crippen LogP contribution is -2.41. The summed E-state index contributed by atoms with van der Waals surface area (Å²) < 4.78 is 1.91. The number of aromatic amines is 1. The summed E-state index contributed by atoms with van der Waals surface area (Å²) in [5.41, 5.74) is 5.58. The maximum Gasteiger partial charge on any atom is 0.247 e. The molecule has 168 valence electrons. The second-order valence-corrected chi connectivity index (χ2v) is 8.61. The molecule has 0 saturated carbocycles. The van der Waals surface area contributed by atoms with Gasteiger partial charge in [-0.25, -0.2) is 0 Å². The van der Waals surface area contributed by atoms with Crippen molar-refractivity contribution in [2.45, 2.75) is 45.8 Å². The normalized spacial score (nSPS) is 16.0. The molecule has 1 aliphatic rings. The number of carbonyl (C=O) groups is 2. The SMILES string of the molecule is Cc1nn(Cc2ccccc2)c(C)c1NC(=O)C1CCC(=O)N1Cc1c[nH]c2ccccc12. The third kappa shape index (κ3) is 4.02. The Bertz CT molecular complexity index is 1320. The Kier molecular flexibility index (Phi) is 5.46. The Morgan fingerprint density at radius 2 is 1.85 bits per heavy atom. The first kappa shape index (κ1) is 21.0. The lowest BCUT2D eigenvalue weighted by atomic mass is 10.1. The minimum Gasteiger partial charge on any atom is -0.361 e. The van der Waals surface area contributed by atoms with Crippen molar-refractivity contribution in [3.05, 3.63) is 83.3 Å². The molecule has 1 atom stereocenters. The first-order valence-corrected chi connectivity index (χ1v) is 11.2. The predicted octanol–water partition coefficient (Wildman–Crippen LogP) is 4.16. The number of nitrogens with one attached hydrogen (secondary N) is 2. The summed E-state index contributed by atoms with van der Waals surface area (Å²) in [5, 5.41) is 8.78. The minimum absolute atomic E-state index is 0.00801. The number of likely N-dealkylation sites (tertiary alicyclic amines) is 1. The Hall–Kier alpha value is -3.87. The van der Waals surface area contributed by atoms with Gasteiger partial charge in [0.05, 0.1) is 23.6 Å². The van der Waals surface area contributed by atoms with Crippen molar-refractivity contribution < 1.29 is 9.59 Å². The number of aromatic nitrogens is 3. The van der Waals surface area contributed by atoms with Gasteiger partial charge in [-0.05, 0) is 37.5 Å². The third-order valence-electron chi connectivity index (χ3n) is 6.45. The van der Waals surface area contributed by atoms with E-state index < -0.39 is 6.04 Å². The molecule has 3 heterocycles. The average Bonchev–Trinajstić information content (AvgIpc) is 3.48. The van der Waals surface area contributed by atoms with Crippen LogP contribution in [0.2, 0.25) is 0 Å². The van der Waals surface area contributed by atoms with Gasteiger partial charge in [0.1, 0.15) is 6.04 Å². The molecular formula is C26H27N5O2. The van der Waals surface area contributed by atoms with Crippen LogP contribution in [-0.4, -0.2) is 37.5 Å². The van der Waals surface area contributed by atoms with Crippen molar-refractivity contribution in [2.75, 3.05) is 5.32 Å². The van der Waals surface area contributed by atoms with Gasteiger partial charge in [-0.3, -0.25) is 14.3 Å². The number of fused-ring (bicyclic) bond motifs is 1. The molecule has 2 aromatic carbocycles. The fourth-order valence-electron chi connectivity index (χ4n) is 4.65. The summed E-state index contributed by atoms with van der Waals surface area (Å²) >= 11 is 0. The average molecular weight is 442 g/mol. The van der Waals surface area contributed by atoms with Crippen LogP contribution in [-0.2, 0) is 22.7 Å². The summed E-state index contributed by atoms with van der Waals surface area (Å²) in [6.07, 6.45) is 2.82. The number of aryl methyl sites for hydroxylation is 1. The second kappa shape index (κ2) is 8.58. The topological polar surface area (TPSA) is 83.0 Å². The monoisotopic (exact) mass is 441 g/mol. The highest BCUT2D eigenvalue weighted by molar-refractivity contribution is 5.99. The summed E-state index contributed by atoms with van der Waals surface area (Å²) in [6.45, 7) is 4.90. The fraction of sp³-hybridized carbons (Fsp3) is 0.269. The van der Waals surface area contributed by atoms with Crippen LogP contribution < -0.4 is 5.32 Å². The van der Waals surface area contributed by atoms with Gasteiger partial charge in [0.2, 0.25) is 11.8 Å². The van der Waals surface area contributed by atoms with Crippen LogP contribution in [0.25, 0.3) is 10.9 Å². The van der Waals surface area contributed by atoms with Crippen molar-refractivity contribution in [2.24, 2.45) is 0 Å². The van der Waals surface area contributed by atoms with Gasteiger partial charge in [0, 0.05) is 30.1 Å². The van der Waals surface area contributed by atoms with Crippen LogP contribution in [0.4, 0.5) is 5.69 Å². The van der Waals surface area contributed by atoms with Crippen LogP contribution in [0, 0.1) is 13.8 Å². The molecule has 4 aromatic rings. The minimum atomic E-state index is -0.498. The third-order valence-corrected chi connectivity index (χ3v) is 6.45. The number of benzene rings is 2. The molecule has 1 unspecified atom stereocenters. The van der Waals surface area contributed by atoms with Crippen LogP contribution in [0.5, 0.6) is 0 Å². The van der Waals surface area contributed by atoms with E-state index in [1.807, 2.05) is 67.2 Å². The number of hydrogen-bond acceptors (Lipinski definition) is 3. The van der Waals surface area contributed by atoms with E-state index in [1.165, 1.54) is 0 Å². The van der Waals surface area contributed by atoms with Crippen molar-refractivity contribution in [1.29, 1.82) is 0 Å². The number of hydrogen-bond donors (Lipinski definition) is 2. The summed E-state index contributed by atoms with van der Waals surface area (Å²) in [4.78, 5) is 30.9. The molecule has 0 aliphatic carbocycles. The van der Waals surface area contributed by atoms with Gasteiger partial charge in [-0.15, -0.1) is 0 Å². The lowest BCUT2D eigenvalue weighted by molar-refractivity contribution is -0.133. The highest BCUT2D eigenvalue weighted by Gasteiger charge is 2.36. The molecule has 1 saturated heterocycles. The Balaban J connectivity index is 1.34. The molecule has 2 aromatic heterocycles. The summed E-state index contributed by atoms with van der Waals surface area (Å²) in [5.74, 6) is -0.153. The largest absolute Gasteiger partial charge is 0.361 e. The van der Waals surface area contributed by atoms with Crippen LogP contribution in [0.3, 0.4) is 0 Å². The van der Waals surface area contributed by atoms with Gasteiger partial charge >= 0.3 is 0 Å². The predicted molar refractivity (Wildman–Crippen MR) is 128 cm³/mol. The standard InChI is InChI=1S/C26H27N5O2/c1-17-25(18(2)31(29-17)15-19-8-4-3-5-9-19)28-26(33)23-12-13-24(32)30(23)16-20-14-27-22-11-7-6-10-21(20)22/h3-11,14,23,27H,12-13,15-16H2,1-2H3,(H,28,33). The summed E-state index contributed by atoms with van der Waals surface area (Å²) in [7, 11) is 0. The number of para-hydroxylation sites is 1. The molecule has 7 nitrogen and oxygen atoms in total. The highest BCUT2D eigenvalue weighted by Crippen LogP contribution is 2.27. The van der Waals surface area contributed by atoms with Crippen LogP contribution >= 0.6 is 0 Å². The Morgan fingerprint density at radius 1 is 1.09 bits per heavy atom. The molecule has 1 fully saturated rings. The second-order valence-electron chi connectivity index (χ2n) is 8.61. The zero-order chi connectivity index (χ0) is 22.9. The summed E-state index contributed by atoms with van der Waals surface area (Å²) in [6, 6.07) is 17.6. The molecule has 0 spiro atoms. The zero-order valence-electron chi connectivity index (χ0n) is 18.8. The number of nitrogens with zero attached hydrogens (tertiary/aromatic N) is 3. The Labute approximate surface area is 192 Å². The Morgan fingerprint density at radius 3 is 2.67 bits per heavy atom. The number of amides is 2. The number of anilines is 1. The molecule has 2 amide bonds. The van der Waals surface area contributed by atoms with E-state index in [1.54, 1.807) is 4.90 Å². The van der Waals surface area contributed by atoms with Crippen molar-refractivity contribution >= 4 is 28.4 Å². The van der Waals surface area contributed by atoms with Crippen LogP contribution in [0.15, 0.2) is 60.8 Å². The van der Waals surface area contributed by atoms with Crippen molar-refractivity contribution in [3.8, 4) is 0 Å². The van der Waals surface area contributed by atoms with E-state index in [0.29, 0.717) is 25.9 Å². The van der Waals surface area contributed by atoms with E-state index in [2.05, 4.69) is 27.5 Å². The van der Waals surface area contributed by atoms with Crippen molar-refractivity contribution in [1.82, 2.24) is 19.7 Å². The smallest absolute Gasteiger partial charge is 0.247 e. The van der Waals surface area contributed by atoms with Crippen LogP contribution in [0.1, 0.15) is 35.4 Å². The molecule has 33 heavy (non-hydrogen) atoms. The first-order chi connectivity index (χ1) is 16.0. The van der Waals surface area contributed by atoms with E-state index in [9.17, 15) is 9.59 Å². The number of H-pyrrole nitrogens is 1. The van der Waals surface area contributed by atoms with Gasteiger partial charge in [-0.1, -0.05) is 48.5 Å². The van der Waals surface area contributed by atoms with Gasteiger partial charge in [0.15, 0.2) is 0 Å². The first-order valence-electron chi connectivity index (χ1n) is 11.2. The van der Waals surface area contributed by atoms with Gasteiger partial charge in [-0.2, -0.15) is 5.10 Å². The molecule has 0 radical (unpaired) electrons. The molecular weight excluding hydrogens is 414 g/mol. The van der Waals surface area contributed by atoms with E-state index in [-0.39, 0.29) is 11.8 Å². The molecule has 1 aliphatic heterocycles. The number of rotatable bonds is 6. The molecule has 0 bridgehead atoms. The zero-order valence-corrected chi connectivity index (χ0v) is 18.8.